The summed E-state index contributed by atoms with van der Waals surface area (Å²) in [5.74, 6) is 1.57. The average Bonchev–Trinajstić information content (AvgIpc) is 2.82. The molecule has 0 spiro atoms. The molecule has 2 aromatic heterocycles. The molecule has 0 unspecified atom stereocenters. The van der Waals surface area contributed by atoms with Crippen molar-refractivity contribution in [3.8, 4) is 0 Å². The Bertz CT molecular complexity index is 530. The molecular weight excluding hydrogens is 248 g/mol. The molecular formula is C16H26N4. The standard InChI is InChI=1S/C16H26N4/c1-13(2)9-6-4-5-7-11-17-16-18-15-14(3)10-8-12-20(15)19-16/h8,10,12-13H,4-7,9,11H2,1-3H3,(H,17,19). The molecule has 0 aliphatic rings. The third-order valence-corrected chi connectivity index (χ3v) is 3.55. The van der Waals surface area contributed by atoms with Gasteiger partial charge >= 0.3 is 0 Å². The Morgan fingerprint density at radius 2 is 2.00 bits per heavy atom. The fraction of sp³-hybridized carbons (Fsp3) is 0.625. The van der Waals surface area contributed by atoms with Crippen molar-refractivity contribution in [2.24, 2.45) is 5.92 Å². The zero-order valence-electron chi connectivity index (χ0n) is 12.9. The van der Waals surface area contributed by atoms with Crippen LogP contribution in [0.4, 0.5) is 5.95 Å². The Morgan fingerprint density at radius 3 is 2.75 bits per heavy atom. The first-order chi connectivity index (χ1) is 9.66. The largest absolute Gasteiger partial charge is 0.353 e. The number of hydrogen-bond donors (Lipinski definition) is 1. The molecule has 0 fully saturated rings. The highest BCUT2D eigenvalue weighted by Crippen LogP contribution is 2.11. The lowest BCUT2D eigenvalue weighted by Gasteiger charge is -2.04. The van der Waals surface area contributed by atoms with Crippen LogP contribution in [0.3, 0.4) is 0 Å². The van der Waals surface area contributed by atoms with E-state index in [1.165, 1.54) is 32.1 Å². The minimum absolute atomic E-state index is 0.737. The van der Waals surface area contributed by atoms with E-state index in [0.29, 0.717) is 0 Å². The smallest absolute Gasteiger partial charge is 0.243 e. The van der Waals surface area contributed by atoms with E-state index in [-0.39, 0.29) is 0 Å². The van der Waals surface area contributed by atoms with E-state index in [1.807, 2.05) is 16.8 Å². The second-order valence-corrected chi connectivity index (χ2v) is 5.92. The summed E-state index contributed by atoms with van der Waals surface area (Å²) < 4.78 is 1.83. The van der Waals surface area contributed by atoms with Gasteiger partial charge in [0.05, 0.1) is 0 Å². The number of pyridine rings is 1. The van der Waals surface area contributed by atoms with Gasteiger partial charge in [0.1, 0.15) is 0 Å². The lowest BCUT2D eigenvalue weighted by molar-refractivity contribution is 0.523. The maximum absolute atomic E-state index is 4.51. The molecule has 0 atom stereocenters. The average molecular weight is 274 g/mol. The van der Waals surface area contributed by atoms with E-state index in [1.54, 1.807) is 0 Å². The Labute approximate surface area is 121 Å². The number of fused-ring (bicyclic) bond motifs is 1. The molecule has 2 heterocycles. The van der Waals surface area contributed by atoms with Crippen molar-refractivity contribution in [3.05, 3.63) is 23.9 Å². The van der Waals surface area contributed by atoms with Crippen molar-refractivity contribution in [1.29, 1.82) is 0 Å². The van der Waals surface area contributed by atoms with Crippen LogP contribution in [0, 0.1) is 12.8 Å². The minimum Gasteiger partial charge on any atom is -0.353 e. The molecule has 0 aliphatic heterocycles. The Kier molecular flexibility index (Phi) is 5.39. The highest BCUT2D eigenvalue weighted by atomic mass is 15.3. The van der Waals surface area contributed by atoms with Gasteiger partial charge in [-0.3, -0.25) is 0 Å². The Balaban J connectivity index is 1.69. The number of hydrogen-bond acceptors (Lipinski definition) is 3. The predicted octanol–water partition coefficient (Wildman–Crippen LogP) is 4.06. The van der Waals surface area contributed by atoms with E-state index in [4.69, 9.17) is 0 Å². The van der Waals surface area contributed by atoms with Crippen LogP contribution in [0.15, 0.2) is 18.3 Å². The van der Waals surface area contributed by atoms with Gasteiger partial charge < -0.3 is 5.32 Å². The van der Waals surface area contributed by atoms with Crippen LogP contribution in [-0.4, -0.2) is 21.1 Å². The maximum Gasteiger partial charge on any atom is 0.243 e. The molecule has 0 aliphatic carbocycles. The SMILES string of the molecule is Cc1cccn2nc(NCCCCCCC(C)C)nc12. The molecule has 0 aromatic carbocycles. The Hall–Kier alpha value is -1.58. The van der Waals surface area contributed by atoms with Crippen LogP contribution >= 0.6 is 0 Å². The fourth-order valence-corrected chi connectivity index (χ4v) is 2.35. The van der Waals surface area contributed by atoms with E-state index < -0.39 is 0 Å². The maximum atomic E-state index is 4.51. The number of nitrogens with one attached hydrogen (secondary N) is 1. The summed E-state index contributed by atoms with van der Waals surface area (Å²) in [6.07, 6.45) is 8.44. The molecule has 110 valence electrons. The van der Waals surface area contributed by atoms with Gasteiger partial charge in [0, 0.05) is 12.7 Å². The molecule has 0 amide bonds. The topological polar surface area (TPSA) is 42.2 Å². The molecule has 0 saturated heterocycles. The number of nitrogens with zero attached hydrogens (tertiary/aromatic N) is 3. The highest BCUT2D eigenvalue weighted by Gasteiger charge is 2.04. The van der Waals surface area contributed by atoms with Gasteiger partial charge in [0.25, 0.3) is 0 Å². The number of rotatable bonds is 8. The fourth-order valence-electron chi connectivity index (χ4n) is 2.35. The predicted molar refractivity (Wildman–Crippen MR) is 84.1 cm³/mol. The van der Waals surface area contributed by atoms with Crippen molar-refractivity contribution in [2.75, 3.05) is 11.9 Å². The first-order valence-corrected chi connectivity index (χ1v) is 7.72. The summed E-state index contributed by atoms with van der Waals surface area (Å²) >= 11 is 0. The van der Waals surface area contributed by atoms with E-state index in [2.05, 4.69) is 42.2 Å². The molecule has 4 heteroatoms. The highest BCUT2D eigenvalue weighted by molar-refractivity contribution is 5.49. The van der Waals surface area contributed by atoms with Crippen LogP contribution < -0.4 is 5.32 Å². The molecule has 0 saturated carbocycles. The molecule has 1 N–H and O–H groups in total. The van der Waals surface area contributed by atoms with Crippen LogP contribution in [0.5, 0.6) is 0 Å². The van der Waals surface area contributed by atoms with Crippen molar-refractivity contribution in [2.45, 2.75) is 52.9 Å². The van der Waals surface area contributed by atoms with Gasteiger partial charge in [-0.15, -0.1) is 5.10 Å². The number of anilines is 1. The zero-order chi connectivity index (χ0) is 14.4. The van der Waals surface area contributed by atoms with Crippen LogP contribution in [-0.2, 0) is 0 Å². The molecule has 4 nitrogen and oxygen atoms in total. The first kappa shape index (κ1) is 14.8. The van der Waals surface area contributed by atoms with Crippen LogP contribution in [0.25, 0.3) is 5.65 Å². The summed E-state index contributed by atoms with van der Waals surface area (Å²) in [4.78, 5) is 4.51. The first-order valence-electron chi connectivity index (χ1n) is 7.72. The van der Waals surface area contributed by atoms with E-state index in [0.717, 1.165) is 29.6 Å². The summed E-state index contributed by atoms with van der Waals surface area (Å²) in [5, 5.41) is 7.74. The lowest BCUT2D eigenvalue weighted by atomic mass is 10.0. The van der Waals surface area contributed by atoms with Gasteiger partial charge in [0.2, 0.25) is 5.95 Å². The summed E-state index contributed by atoms with van der Waals surface area (Å²) in [7, 11) is 0. The second-order valence-electron chi connectivity index (χ2n) is 5.92. The van der Waals surface area contributed by atoms with Gasteiger partial charge in [-0.25, -0.2) is 4.52 Å². The van der Waals surface area contributed by atoms with Crippen LogP contribution in [0.1, 0.15) is 51.5 Å². The summed E-state index contributed by atoms with van der Waals surface area (Å²) in [6, 6.07) is 4.05. The summed E-state index contributed by atoms with van der Waals surface area (Å²) in [6.45, 7) is 7.59. The molecule has 20 heavy (non-hydrogen) atoms. The van der Waals surface area contributed by atoms with E-state index >= 15 is 0 Å². The second kappa shape index (κ2) is 7.27. The normalized spacial score (nSPS) is 11.4. The summed E-state index contributed by atoms with van der Waals surface area (Å²) in [5.41, 5.74) is 2.09. The third-order valence-electron chi connectivity index (χ3n) is 3.55. The minimum atomic E-state index is 0.737. The molecule has 2 aromatic rings. The van der Waals surface area contributed by atoms with Crippen molar-refractivity contribution < 1.29 is 0 Å². The lowest BCUT2D eigenvalue weighted by Crippen LogP contribution is -2.03. The molecule has 0 bridgehead atoms. The van der Waals surface area contributed by atoms with Crippen LogP contribution in [0.2, 0.25) is 0 Å². The van der Waals surface area contributed by atoms with Crippen molar-refractivity contribution in [1.82, 2.24) is 14.6 Å². The number of aryl methyl sites for hydroxylation is 1. The quantitative estimate of drug-likeness (QED) is 0.738. The van der Waals surface area contributed by atoms with Gasteiger partial charge in [-0.05, 0) is 30.9 Å². The van der Waals surface area contributed by atoms with Gasteiger partial charge in [-0.2, -0.15) is 4.98 Å². The zero-order valence-corrected chi connectivity index (χ0v) is 12.9. The van der Waals surface area contributed by atoms with Crippen molar-refractivity contribution in [3.63, 3.8) is 0 Å². The van der Waals surface area contributed by atoms with Gasteiger partial charge in [-0.1, -0.05) is 45.6 Å². The Morgan fingerprint density at radius 1 is 1.20 bits per heavy atom. The van der Waals surface area contributed by atoms with Gasteiger partial charge in [0.15, 0.2) is 5.65 Å². The monoisotopic (exact) mass is 274 g/mol. The third kappa shape index (κ3) is 4.22. The van der Waals surface area contributed by atoms with Crippen molar-refractivity contribution >= 4 is 11.6 Å². The number of unbranched alkanes of at least 4 members (excludes halogenated alkanes) is 3. The number of aromatic nitrogens is 3. The molecule has 2 rings (SSSR count). The van der Waals surface area contributed by atoms with E-state index in [9.17, 15) is 0 Å². The molecule has 0 radical (unpaired) electrons.